The summed E-state index contributed by atoms with van der Waals surface area (Å²) in [5.41, 5.74) is -0.478. The molecule has 5 nitrogen and oxygen atoms in total. The van der Waals surface area contributed by atoms with E-state index in [2.05, 4.69) is 4.72 Å². The fourth-order valence-electron chi connectivity index (χ4n) is 1.49. The molecule has 0 aliphatic carbocycles. The molecule has 1 unspecified atom stereocenters. The Morgan fingerprint density at radius 3 is 2.57 bits per heavy atom. The van der Waals surface area contributed by atoms with Gasteiger partial charge in [-0.1, -0.05) is 0 Å². The lowest BCUT2D eigenvalue weighted by Gasteiger charge is -2.42. The standard InChI is InChI=1S/C8H18N2O3S/c1-7-5-10(14(11,12)9-4)8(2,3)6-13-7/h7,9H,5-6H2,1-4H3. The predicted molar refractivity (Wildman–Crippen MR) is 54.2 cm³/mol. The zero-order valence-corrected chi connectivity index (χ0v) is 9.89. The molecule has 1 heterocycles. The second-order valence-electron chi connectivity index (χ2n) is 4.17. The van der Waals surface area contributed by atoms with Gasteiger partial charge in [0.15, 0.2) is 0 Å². The SMILES string of the molecule is CNS(=O)(=O)N1CC(C)OCC1(C)C. The molecule has 1 saturated heterocycles. The quantitative estimate of drug-likeness (QED) is 0.712. The number of morpholine rings is 1. The van der Waals surface area contributed by atoms with Crippen LogP contribution in [-0.4, -0.2) is 44.6 Å². The Bertz CT molecular complexity index is 300. The van der Waals surface area contributed by atoms with E-state index in [4.69, 9.17) is 4.74 Å². The minimum atomic E-state index is -3.36. The summed E-state index contributed by atoms with van der Waals surface area (Å²) in [4.78, 5) is 0. The Hall–Kier alpha value is -0.170. The average Bonchev–Trinajstić information content (AvgIpc) is 2.09. The Balaban J connectivity index is 2.94. The summed E-state index contributed by atoms with van der Waals surface area (Å²) >= 11 is 0. The molecule has 14 heavy (non-hydrogen) atoms. The molecule has 1 N–H and O–H groups in total. The van der Waals surface area contributed by atoms with Crippen LogP contribution in [0.4, 0.5) is 0 Å². The van der Waals surface area contributed by atoms with Crippen LogP contribution in [0.3, 0.4) is 0 Å². The lowest BCUT2D eigenvalue weighted by molar-refractivity contribution is -0.0554. The largest absolute Gasteiger partial charge is 0.375 e. The highest BCUT2D eigenvalue weighted by Crippen LogP contribution is 2.24. The van der Waals surface area contributed by atoms with Crippen LogP contribution >= 0.6 is 0 Å². The van der Waals surface area contributed by atoms with Crippen LogP contribution in [0.2, 0.25) is 0 Å². The first-order valence-corrected chi connectivity index (χ1v) is 6.06. The number of nitrogens with zero attached hydrogens (tertiary/aromatic N) is 1. The normalized spacial score (nSPS) is 29.0. The van der Waals surface area contributed by atoms with Crippen LogP contribution in [0.1, 0.15) is 20.8 Å². The number of nitrogens with one attached hydrogen (secondary N) is 1. The molecule has 1 atom stereocenters. The van der Waals surface area contributed by atoms with E-state index in [1.807, 2.05) is 20.8 Å². The molecular weight excluding hydrogens is 204 g/mol. The molecule has 1 aliphatic rings. The maximum absolute atomic E-state index is 11.7. The summed E-state index contributed by atoms with van der Waals surface area (Å²) in [6, 6.07) is 0. The van der Waals surface area contributed by atoms with E-state index in [1.54, 1.807) is 0 Å². The van der Waals surface area contributed by atoms with Gasteiger partial charge in [-0.3, -0.25) is 0 Å². The van der Waals surface area contributed by atoms with E-state index >= 15 is 0 Å². The van der Waals surface area contributed by atoms with Crippen molar-refractivity contribution in [1.29, 1.82) is 0 Å². The van der Waals surface area contributed by atoms with Gasteiger partial charge in [0.05, 0.1) is 18.2 Å². The summed E-state index contributed by atoms with van der Waals surface area (Å²) in [5.74, 6) is 0. The van der Waals surface area contributed by atoms with Gasteiger partial charge in [0.25, 0.3) is 10.2 Å². The van der Waals surface area contributed by atoms with E-state index in [1.165, 1.54) is 11.4 Å². The second kappa shape index (κ2) is 3.77. The van der Waals surface area contributed by atoms with Gasteiger partial charge >= 0.3 is 0 Å². The van der Waals surface area contributed by atoms with Crippen LogP contribution in [0.25, 0.3) is 0 Å². The maximum Gasteiger partial charge on any atom is 0.279 e. The number of hydrogen-bond acceptors (Lipinski definition) is 3. The molecule has 0 aromatic rings. The van der Waals surface area contributed by atoms with Crippen LogP contribution in [0.5, 0.6) is 0 Å². The van der Waals surface area contributed by atoms with Gasteiger partial charge in [-0.25, -0.2) is 4.72 Å². The average molecular weight is 222 g/mol. The van der Waals surface area contributed by atoms with E-state index in [9.17, 15) is 8.42 Å². The molecule has 84 valence electrons. The highest BCUT2D eigenvalue weighted by molar-refractivity contribution is 7.87. The van der Waals surface area contributed by atoms with E-state index in [0.717, 1.165) is 0 Å². The van der Waals surface area contributed by atoms with Crippen LogP contribution in [0.15, 0.2) is 0 Å². The third kappa shape index (κ3) is 2.25. The Morgan fingerprint density at radius 2 is 2.07 bits per heavy atom. The first-order valence-electron chi connectivity index (χ1n) is 4.62. The van der Waals surface area contributed by atoms with Crippen molar-refractivity contribution in [2.75, 3.05) is 20.2 Å². The summed E-state index contributed by atoms with van der Waals surface area (Å²) in [6.45, 7) is 6.40. The Labute approximate surface area is 85.6 Å². The predicted octanol–water partition coefficient (Wildman–Crippen LogP) is -0.0501. The van der Waals surface area contributed by atoms with Crippen molar-refractivity contribution >= 4 is 10.2 Å². The molecular formula is C8H18N2O3S. The fraction of sp³-hybridized carbons (Fsp3) is 1.00. The maximum atomic E-state index is 11.7. The molecule has 0 radical (unpaired) electrons. The molecule has 0 aromatic heterocycles. The molecule has 1 aliphatic heterocycles. The van der Waals surface area contributed by atoms with Gasteiger partial charge in [0, 0.05) is 13.6 Å². The first kappa shape index (κ1) is 11.9. The summed E-state index contributed by atoms with van der Waals surface area (Å²) in [7, 11) is -1.94. The molecule has 0 amide bonds. The second-order valence-corrected chi connectivity index (χ2v) is 5.97. The highest BCUT2D eigenvalue weighted by atomic mass is 32.2. The smallest absolute Gasteiger partial charge is 0.279 e. The first-order chi connectivity index (χ1) is 6.29. The van der Waals surface area contributed by atoms with Gasteiger partial charge in [-0.05, 0) is 20.8 Å². The van der Waals surface area contributed by atoms with Gasteiger partial charge in [0.2, 0.25) is 0 Å². The minimum Gasteiger partial charge on any atom is -0.375 e. The van der Waals surface area contributed by atoms with Crippen LogP contribution < -0.4 is 4.72 Å². The number of rotatable bonds is 2. The molecule has 6 heteroatoms. The van der Waals surface area contributed by atoms with E-state index in [0.29, 0.717) is 13.2 Å². The third-order valence-electron chi connectivity index (χ3n) is 2.37. The molecule has 1 fully saturated rings. The third-order valence-corrected chi connectivity index (χ3v) is 4.11. The minimum absolute atomic E-state index is 0.0499. The summed E-state index contributed by atoms with van der Waals surface area (Å²) in [6.07, 6.45) is -0.0499. The summed E-state index contributed by atoms with van der Waals surface area (Å²) < 4.78 is 32.6. The number of hydrogen-bond donors (Lipinski definition) is 1. The van der Waals surface area contributed by atoms with Gasteiger partial charge in [-0.2, -0.15) is 12.7 Å². The van der Waals surface area contributed by atoms with Gasteiger partial charge in [0.1, 0.15) is 0 Å². The van der Waals surface area contributed by atoms with Crippen LogP contribution in [0, 0.1) is 0 Å². The Morgan fingerprint density at radius 1 is 1.50 bits per heavy atom. The molecule has 0 spiro atoms. The molecule has 1 rings (SSSR count). The zero-order valence-electron chi connectivity index (χ0n) is 9.07. The lowest BCUT2D eigenvalue weighted by Crippen LogP contribution is -2.59. The van der Waals surface area contributed by atoms with Crippen LogP contribution in [-0.2, 0) is 14.9 Å². The van der Waals surface area contributed by atoms with Crippen molar-refractivity contribution in [3.05, 3.63) is 0 Å². The topological polar surface area (TPSA) is 58.6 Å². The van der Waals surface area contributed by atoms with Crippen molar-refractivity contribution in [2.45, 2.75) is 32.4 Å². The van der Waals surface area contributed by atoms with Crippen molar-refractivity contribution in [3.8, 4) is 0 Å². The zero-order chi connectivity index (χ0) is 11.0. The lowest BCUT2D eigenvalue weighted by atomic mass is 10.1. The van der Waals surface area contributed by atoms with Gasteiger partial charge in [-0.15, -0.1) is 0 Å². The van der Waals surface area contributed by atoms with Crippen molar-refractivity contribution in [1.82, 2.24) is 9.03 Å². The van der Waals surface area contributed by atoms with Crippen molar-refractivity contribution in [2.24, 2.45) is 0 Å². The fourth-order valence-corrected chi connectivity index (χ4v) is 2.82. The molecule has 0 saturated carbocycles. The van der Waals surface area contributed by atoms with E-state index < -0.39 is 15.7 Å². The molecule has 0 bridgehead atoms. The van der Waals surface area contributed by atoms with Crippen molar-refractivity contribution in [3.63, 3.8) is 0 Å². The van der Waals surface area contributed by atoms with Crippen molar-refractivity contribution < 1.29 is 13.2 Å². The molecule has 0 aromatic carbocycles. The Kier molecular flexibility index (Phi) is 3.20. The van der Waals surface area contributed by atoms with Gasteiger partial charge < -0.3 is 4.74 Å². The monoisotopic (exact) mass is 222 g/mol. The highest BCUT2D eigenvalue weighted by Gasteiger charge is 2.40. The number of ether oxygens (including phenoxy) is 1. The summed E-state index contributed by atoms with van der Waals surface area (Å²) in [5, 5.41) is 0. The van der Waals surface area contributed by atoms with E-state index in [-0.39, 0.29) is 6.10 Å².